The van der Waals surface area contributed by atoms with Crippen LogP contribution in [-0.2, 0) is 0 Å². The van der Waals surface area contributed by atoms with Gasteiger partial charge in [-0.2, -0.15) is 0 Å². The molecule has 4 heterocycles. The summed E-state index contributed by atoms with van der Waals surface area (Å²) in [6.07, 6.45) is 0. The highest BCUT2D eigenvalue weighted by Crippen LogP contribution is 2.45. The summed E-state index contributed by atoms with van der Waals surface area (Å²) in [5, 5.41) is 15.3. The fourth-order valence-corrected chi connectivity index (χ4v) is 15.5. The third kappa shape index (κ3) is 8.91. The summed E-state index contributed by atoms with van der Waals surface area (Å²) in [7, 11) is 0. The van der Waals surface area contributed by atoms with Crippen molar-refractivity contribution in [3.05, 3.63) is 364 Å². The van der Waals surface area contributed by atoms with E-state index in [1.807, 2.05) is 0 Å². The lowest BCUT2D eigenvalue weighted by molar-refractivity contribution is 1.17. The molecule has 0 aliphatic carbocycles. The molecule has 0 bridgehead atoms. The standard InChI is InChI=1S/2C46H30N2/c1-2-13-35(14-3-1)47-41-19-8-6-16-39(41)45-43(47)29-30-44-46(45)40-17-7-9-20-42(40)48(44)36-27-25-32(26-28-36)31-21-23-34(24-22-31)38-18-10-12-33-11-4-5-15-37(33)38;1-2-12-37(13-3-1)47-41-16-8-6-14-39(41)45-43(47)28-29-44-46(45)40-15-7-9-17-42(40)48(44)38-26-24-33(25-27-38)32-18-20-34(21-19-32)36-23-22-31-10-4-5-11-35(31)30-36/h2*1-30H. The van der Waals surface area contributed by atoms with Crippen molar-refractivity contribution in [2.45, 2.75) is 0 Å². The second-order valence-corrected chi connectivity index (χ2v) is 25.1. The van der Waals surface area contributed by atoms with Crippen molar-refractivity contribution >= 4 is 109 Å². The van der Waals surface area contributed by atoms with Gasteiger partial charge in [0.1, 0.15) is 0 Å². The molecule has 0 N–H and O–H groups in total. The van der Waals surface area contributed by atoms with Crippen LogP contribution >= 0.6 is 0 Å². The van der Waals surface area contributed by atoms with Crippen LogP contribution in [0.1, 0.15) is 0 Å². The third-order valence-corrected chi connectivity index (χ3v) is 19.8. The molecule has 0 saturated carbocycles. The Morgan fingerprint density at radius 1 is 0.146 bits per heavy atom. The van der Waals surface area contributed by atoms with Crippen LogP contribution in [0.25, 0.3) is 176 Å². The number of rotatable bonds is 8. The van der Waals surface area contributed by atoms with Gasteiger partial charge < -0.3 is 18.3 Å². The van der Waals surface area contributed by atoms with E-state index in [2.05, 4.69) is 382 Å². The highest BCUT2D eigenvalue weighted by Gasteiger charge is 2.23. The van der Waals surface area contributed by atoms with Crippen molar-refractivity contribution < 1.29 is 0 Å². The zero-order valence-electron chi connectivity index (χ0n) is 52.4. The number of fused-ring (bicyclic) bond motifs is 16. The van der Waals surface area contributed by atoms with Gasteiger partial charge in [0, 0.05) is 65.8 Å². The minimum Gasteiger partial charge on any atom is -0.309 e. The summed E-state index contributed by atoms with van der Waals surface area (Å²) in [4.78, 5) is 0. The number of hydrogen-bond donors (Lipinski definition) is 0. The highest BCUT2D eigenvalue weighted by atomic mass is 15.0. The lowest BCUT2D eigenvalue weighted by Crippen LogP contribution is -1.94. The van der Waals surface area contributed by atoms with Crippen molar-refractivity contribution in [2.24, 2.45) is 0 Å². The molecule has 20 rings (SSSR count). The Hall–Kier alpha value is -12.8. The molecule has 0 spiro atoms. The smallest absolute Gasteiger partial charge is 0.0548 e. The van der Waals surface area contributed by atoms with Crippen LogP contribution in [0.4, 0.5) is 0 Å². The van der Waals surface area contributed by atoms with Crippen LogP contribution in [0.15, 0.2) is 364 Å². The Morgan fingerprint density at radius 2 is 0.427 bits per heavy atom. The highest BCUT2D eigenvalue weighted by molar-refractivity contribution is 6.30. The Labute approximate surface area is 554 Å². The van der Waals surface area contributed by atoms with Crippen LogP contribution in [0.2, 0.25) is 0 Å². The molecule has 0 atom stereocenters. The summed E-state index contributed by atoms with van der Waals surface area (Å²) >= 11 is 0. The van der Waals surface area contributed by atoms with E-state index in [9.17, 15) is 0 Å². The molecule has 16 aromatic carbocycles. The molecule has 20 aromatic rings. The van der Waals surface area contributed by atoms with Gasteiger partial charge in [0.2, 0.25) is 0 Å². The maximum Gasteiger partial charge on any atom is 0.0548 e. The molecule has 448 valence electrons. The lowest BCUT2D eigenvalue weighted by Gasteiger charge is -2.11. The first-order chi connectivity index (χ1) is 47.6. The summed E-state index contributed by atoms with van der Waals surface area (Å²) in [5.41, 5.74) is 24.2. The van der Waals surface area contributed by atoms with Gasteiger partial charge in [-0.05, 0) is 169 Å². The Bertz CT molecular complexity index is 6370. The first kappa shape index (κ1) is 54.9. The van der Waals surface area contributed by atoms with Gasteiger partial charge in [-0.3, -0.25) is 0 Å². The first-order valence-electron chi connectivity index (χ1n) is 33.1. The lowest BCUT2D eigenvalue weighted by atomic mass is 9.96. The van der Waals surface area contributed by atoms with Gasteiger partial charge in [0.05, 0.1) is 44.1 Å². The van der Waals surface area contributed by atoms with E-state index in [1.54, 1.807) is 0 Å². The number of nitrogens with zero attached hydrogens (tertiary/aromatic N) is 4. The molecule has 0 aliphatic rings. The molecule has 0 radical (unpaired) electrons. The van der Waals surface area contributed by atoms with Crippen molar-refractivity contribution in [1.29, 1.82) is 0 Å². The summed E-state index contributed by atoms with van der Waals surface area (Å²) in [6, 6.07) is 132. The van der Waals surface area contributed by atoms with Crippen molar-refractivity contribution in [3.63, 3.8) is 0 Å². The quantitative estimate of drug-likeness (QED) is 0.144. The van der Waals surface area contributed by atoms with Crippen LogP contribution in [0.3, 0.4) is 0 Å². The van der Waals surface area contributed by atoms with Crippen LogP contribution in [-0.4, -0.2) is 18.3 Å². The average Bonchev–Trinajstić information content (AvgIpc) is 1.56. The van der Waals surface area contributed by atoms with Gasteiger partial charge in [-0.25, -0.2) is 0 Å². The minimum absolute atomic E-state index is 1.16. The zero-order chi connectivity index (χ0) is 63.2. The van der Waals surface area contributed by atoms with E-state index in [4.69, 9.17) is 0 Å². The molecule has 4 nitrogen and oxygen atoms in total. The topological polar surface area (TPSA) is 19.7 Å². The normalized spacial score (nSPS) is 11.8. The Morgan fingerprint density at radius 3 is 0.833 bits per heavy atom. The third-order valence-electron chi connectivity index (χ3n) is 19.8. The van der Waals surface area contributed by atoms with Crippen molar-refractivity contribution in [2.75, 3.05) is 0 Å². The second kappa shape index (κ2) is 22.5. The Balaban J connectivity index is 0.000000135. The molecule has 0 amide bonds. The van der Waals surface area contributed by atoms with E-state index in [-0.39, 0.29) is 0 Å². The van der Waals surface area contributed by atoms with E-state index >= 15 is 0 Å². The predicted octanol–water partition coefficient (Wildman–Crippen LogP) is 24.7. The van der Waals surface area contributed by atoms with Crippen LogP contribution in [0, 0.1) is 0 Å². The summed E-state index contributed by atoms with van der Waals surface area (Å²) in [5.74, 6) is 0. The molecule has 4 aromatic heterocycles. The van der Waals surface area contributed by atoms with E-state index in [0.29, 0.717) is 0 Å². The summed E-state index contributed by atoms with van der Waals surface area (Å²) < 4.78 is 9.64. The average molecular weight is 1220 g/mol. The molecular formula is C92H60N4. The first-order valence-corrected chi connectivity index (χ1v) is 33.1. The van der Waals surface area contributed by atoms with Crippen molar-refractivity contribution in [3.8, 4) is 67.3 Å². The van der Waals surface area contributed by atoms with Gasteiger partial charge in [-0.1, -0.05) is 261 Å². The van der Waals surface area contributed by atoms with Gasteiger partial charge in [-0.15, -0.1) is 0 Å². The maximum absolute atomic E-state index is 2.42. The van der Waals surface area contributed by atoms with Gasteiger partial charge in [0.25, 0.3) is 0 Å². The fraction of sp³-hybridized carbons (Fsp3) is 0. The molecule has 4 heteroatoms. The number of aromatic nitrogens is 4. The minimum atomic E-state index is 1.16. The molecule has 0 aliphatic heterocycles. The predicted molar refractivity (Wildman–Crippen MR) is 407 cm³/mol. The van der Waals surface area contributed by atoms with Crippen LogP contribution in [0.5, 0.6) is 0 Å². The maximum atomic E-state index is 2.42. The van der Waals surface area contributed by atoms with E-state index in [1.165, 1.54) is 165 Å². The molecular weight excluding hydrogens is 1160 g/mol. The molecule has 0 fully saturated rings. The fourth-order valence-electron chi connectivity index (χ4n) is 15.5. The summed E-state index contributed by atoms with van der Waals surface area (Å²) in [6.45, 7) is 0. The Kier molecular flexibility index (Phi) is 12.9. The van der Waals surface area contributed by atoms with Crippen molar-refractivity contribution in [1.82, 2.24) is 18.3 Å². The monoisotopic (exact) mass is 1220 g/mol. The van der Waals surface area contributed by atoms with E-state index < -0.39 is 0 Å². The van der Waals surface area contributed by atoms with Gasteiger partial charge in [0.15, 0.2) is 0 Å². The van der Waals surface area contributed by atoms with Crippen LogP contribution < -0.4 is 0 Å². The van der Waals surface area contributed by atoms with E-state index in [0.717, 1.165) is 11.4 Å². The second-order valence-electron chi connectivity index (χ2n) is 25.1. The number of benzene rings is 16. The zero-order valence-corrected chi connectivity index (χ0v) is 52.4. The number of para-hydroxylation sites is 6. The largest absolute Gasteiger partial charge is 0.309 e. The number of hydrogen-bond acceptors (Lipinski definition) is 0. The molecule has 0 unspecified atom stereocenters. The molecule has 96 heavy (non-hydrogen) atoms. The molecule has 0 saturated heterocycles. The van der Waals surface area contributed by atoms with Gasteiger partial charge >= 0.3 is 0 Å². The SMILES string of the molecule is c1ccc(-n2c3ccccc3c3c4c5ccccc5n(-c5ccc(-c6ccc(-c7ccc8ccccc8c7)cc6)cc5)c4ccc32)cc1.c1ccc(-n2c3ccccc3c3c4c5ccccc5n(-c5ccc(-c6ccc(-c7cccc8ccccc78)cc6)cc5)c4ccc32)cc1.